The number of nitrogens with one attached hydrogen (secondary N) is 1. The molecule has 2 saturated heterocycles. The predicted octanol–water partition coefficient (Wildman–Crippen LogP) is 3.86. The van der Waals surface area contributed by atoms with Gasteiger partial charge in [-0.25, -0.2) is 0 Å². The minimum absolute atomic E-state index is 0.0328. The van der Waals surface area contributed by atoms with Gasteiger partial charge in [-0.05, 0) is 56.3 Å². The van der Waals surface area contributed by atoms with Crippen LogP contribution in [0.3, 0.4) is 0 Å². The fourth-order valence-corrected chi connectivity index (χ4v) is 4.39. The summed E-state index contributed by atoms with van der Waals surface area (Å²) in [4.78, 5) is 29.6. The van der Waals surface area contributed by atoms with Gasteiger partial charge in [0.05, 0.1) is 6.54 Å². The molecule has 28 heavy (non-hydrogen) atoms. The molecule has 0 bridgehead atoms. The molecular formula is C23H35N3O2. The fourth-order valence-electron chi connectivity index (χ4n) is 4.39. The van der Waals surface area contributed by atoms with Crippen LogP contribution in [0.5, 0.6) is 0 Å². The summed E-state index contributed by atoms with van der Waals surface area (Å²) in [7, 11) is 0. The van der Waals surface area contributed by atoms with Crippen molar-refractivity contribution in [1.82, 2.24) is 9.80 Å². The Morgan fingerprint density at radius 2 is 1.64 bits per heavy atom. The molecule has 1 aromatic rings. The van der Waals surface area contributed by atoms with Crippen LogP contribution >= 0.6 is 0 Å². The Hall–Kier alpha value is -1.88. The monoisotopic (exact) mass is 385 g/mol. The molecular weight excluding hydrogens is 350 g/mol. The zero-order chi connectivity index (χ0) is 19.9. The van der Waals surface area contributed by atoms with Crippen LogP contribution in [-0.4, -0.2) is 54.3 Å². The van der Waals surface area contributed by atoms with E-state index < -0.39 is 0 Å². The summed E-state index contributed by atoms with van der Waals surface area (Å²) < 4.78 is 0. The molecule has 1 aromatic carbocycles. The van der Waals surface area contributed by atoms with E-state index in [0.717, 1.165) is 63.1 Å². The summed E-state index contributed by atoms with van der Waals surface area (Å²) in [6, 6.07) is 8.01. The summed E-state index contributed by atoms with van der Waals surface area (Å²) in [5.41, 5.74) is 2.08. The molecule has 0 spiro atoms. The first kappa shape index (κ1) is 20.8. The lowest BCUT2D eigenvalue weighted by atomic mass is 9.95. The van der Waals surface area contributed by atoms with Crippen molar-refractivity contribution in [3.8, 4) is 0 Å². The van der Waals surface area contributed by atoms with Gasteiger partial charge in [-0.2, -0.15) is 0 Å². The van der Waals surface area contributed by atoms with Crippen molar-refractivity contribution in [2.45, 2.75) is 58.3 Å². The maximum absolute atomic E-state index is 12.8. The average molecular weight is 386 g/mol. The summed E-state index contributed by atoms with van der Waals surface area (Å²) in [6.07, 6.45) is 6.51. The quantitative estimate of drug-likeness (QED) is 0.837. The first-order chi connectivity index (χ1) is 13.5. The number of amides is 2. The second kappa shape index (κ2) is 10.1. The van der Waals surface area contributed by atoms with Gasteiger partial charge >= 0.3 is 0 Å². The SMILES string of the molecule is CC(C)c1ccccc1NC(=O)CN1CCC(C(=O)N2CCCCCC2)CC1. The van der Waals surface area contributed by atoms with E-state index in [0.29, 0.717) is 18.4 Å². The smallest absolute Gasteiger partial charge is 0.238 e. The molecule has 2 aliphatic heterocycles. The number of para-hydroxylation sites is 1. The van der Waals surface area contributed by atoms with Gasteiger partial charge in [0.1, 0.15) is 0 Å². The third-order valence-corrected chi connectivity index (χ3v) is 6.08. The molecule has 0 unspecified atom stereocenters. The molecule has 5 heteroatoms. The van der Waals surface area contributed by atoms with E-state index in [9.17, 15) is 9.59 Å². The zero-order valence-electron chi connectivity index (χ0n) is 17.5. The fraction of sp³-hybridized carbons (Fsp3) is 0.652. The molecule has 0 radical (unpaired) electrons. The first-order valence-electron chi connectivity index (χ1n) is 10.9. The highest BCUT2D eigenvalue weighted by molar-refractivity contribution is 5.93. The van der Waals surface area contributed by atoms with Crippen LogP contribution < -0.4 is 5.32 Å². The highest BCUT2D eigenvalue weighted by Gasteiger charge is 2.29. The molecule has 5 nitrogen and oxygen atoms in total. The van der Waals surface area contributed by atoms with Crippen molar-refractivity contribution in [2.24, 2.45) is 5.92 Å². The Balaban J connectivity index is 1.46. The molecule has 0 atom stereocenters. The number of hydrogen-bond acceptors (Lipinski definition) is 3. The van der Waals surface area contributed by atoms with Crippen LogP contribution in [0.25, 0.3) is 0 Å². The van der Waals surface area contributed by atoms with Gasteiger partial charge in [0.2, 0.25) is 11.8 Å². The van der Waals surface area contributed by atoms with Crippen molar-refractivity contribution < 1.29 is 9.59 Å². The van der Waals surface area contributed by atoms with E-state index in [4.69, 9.17) is 0 Å². The summed E-state index contributed by atoms with van der Waals surface area (Å²) in [5, 5.41) is 3.08. The van der Waals surface area contributed by atoms with Crippen LogP contribution in [0.4, 0.5) is 5.69 Å². The first-order valence-corrected chi connectivity index (χ1v) is 10.9. The molecule has 1 N–H and O–H groups in total. The summed E-state index contributed by atoms with van der Waals surface area (Å²) in [6.45, 7) is 8.17. The molecule has 154 valence electrons. The maximum atomic E-state index is 12.8. The highest BCUT2D eigenvalue weighted by atomic mass is 16.2. The predicted molar refractivity (Wildman–Crippen MR) is 113 cm³/mol. The molecule has 3 rings (SSSR count). The number of rotatable bonds is 5. The molecule has 2 amide bonds. The van der Waals surface area contributed by atoms with Crippen molar-refractivity contribution >= 4 is 17.5 Å². The van der Waals surface area contributed by atoms with E-state index in [1.54, 1.807) is 0 Å². The van der Waals surface area contributed by atoms with E-state index in [1.165, 1.54) is 12.8 Å². The van der Waals surface area contributed by atoms with Gasteiger partial charge in [-0.15, -0.1) is 0 Å². The van der Waals surface area contributed by atoms with E-state index in [2.05, 4.69) is 35.0 Å². The van der Waals surface area contributed by atoms with Crippen LogP contribution in [0.15, 0.2) is 24.3 Å². The molecule has 2 heterocycles. The Morgan fingerprint density at radius 3 is 2.29 bits per heavy atom. The summed E-state index contributed by atoms with van der Waals surface area (Å²) >= 11 is 0. The Morgan fingerprint density at radius 1 is 1.00 bits per heavy atom. The van der Waals surface area contributed by atoms with Crippen molar-refractivity contribution in [3.63, 3.8) is 0 Å². The van der Waals surface area contributed by atoms with Crippen molar-refractivity contribution in [1.29, 1.82) is 0 Å². The number of piperidine rings is 1. The number of nitrogens with zero attached hydrogens (tertiary/aromatic N) is 2. The lowest BCUT2D eigenvalue weighted by molar-refractivity contribution is -0.137. The highest BCUT2D eigenvalue weighted by Crippen LogP contribution is 2.24. The number of hydrogen-bond donors (Lipinski definition) is 1. The van der Waals surface area contributed by atoms with Crippen LogP contribution in [0, 0.1) is 5.92 Å². The lowest BCUT2D eigenvalue weighted by Crippen LogP contribution is -2.44. The van der Waals surface area contributed by atoms with Crippen LogP contribution in [-0.2, 0) is 9.59 Å². The van der Waals surface area contributed by atoms with E-state index in [-0.39, 0.29) is 11.8 Å². The number of carbonyl (C=O) groups is 2. The molecule has 2 aliphatic rings. The van der Waals surface area contributed by atoms with E-state index in [1.807, 2.05) is 18.2 Å². The zero-order valence-corrected chi connectivity index (χ0v) is 17.5. The van der Waals surface area contributed by atoms with Gasteiger partial charge in [0, 0.05) is 24.7 Å². The normalized spacial score (nSPS) is 19.5. The van der Waals surface area contributed by atoms with Gasteiger partial charge in [0.15, 0.2) is 0 Å². The van der Waals surface area contributed by atoms with Gasteiger partial charge in [-0.1, -0.05) is 44.9 Å². The number of likely N-dealkylation sites (tertiary alicyclic amines) is 2. The number of anilines is 1. The van der Waals surface area contributed by atoms with E-state index >= 15 is 0 Å². The Bertz CT molecular complexity index is 658. The lowest BCUT2D eigenvalue weighted by Gasteiger charge is -2.33. The Kier molecular flexibility index (Phi) is 7.49. The summed E-state index contributed by atoms with van der Waals surface area (Å²) in [5.74, 6) is 0.888. The third-order valence-electron chi connectivity index (χ3n) is 6.08. The van der Waals surface area contributed by atoms with Gasteiger partial charge in [0.25, 0.3) is 0 Å². The van der Waals surface area contributed by atoms with Crippen molar-refractivity contribution in [2.75, 3.05) is 38.0 Å². The maximum Gasteiger partial charge on any atom is 0.238 e. The topological polar surface area (TPSA) is 52.7 Å². The standard InChI is InChI=1S/C23H35N3O2/c1-18(2)20-9-5-6-10-21(20)24-22(27)17-25-15-11-19(12-16-25)23(28)26-13-7-3-4-8-14-26/h5-6,9-10,18-19H,3-4,7-8,11-17H2,1-2H3,(H,24,27). The van der Waals surface area contributed by atoms with Crippen LogP contribution in [0.1, 0.15) is 63.9 Å². The number of benzene rings is 1. The van der Waals surface area contributed by atoms with Crippen LogP contribution in [0.2, 0.25) is 0 Å². The Labute approximate surface area is 169 Å². The molecule has 0 saturated carbocycles. The van der Waals surface area contributed by atoms with Gasteiger partial charge < -0.3 is 10.2 Å². The number of carbonyl (C=O) groups excluding carboxylic acids is 2. The van der Waals surface area contributed by atoms with Gasteiger partial charge in [-0.3, -0.25) is 14.5 Å². The molecule has 0 aliphatic carbocycles. The molecule has 0 aromatic heterocycles. The average Bonchev–Trinajstić information content (AvgIpc) is 2.98. The largest absolute Gasteiger partial charge is 0.342 e. The van der Waals surface area contributed by atoms with Crippen molar-refractivity contribution in [3.05, 3.63) is 29.8 Å². The minimum Gasteiger partial charge on any atom is -0.342 e. The minimum atomic E-state index is 0.0328. The second-order valence-electron chi connectivity index (χ2n) is 8.58. The molecule has 2 fully saturated rings. The third kappa shape index (κ3) is 5.57. The second-order valence-corrected chi connectivity index (χ2v) is 8.58.